The van der Waals surface area contributed by atoms with Crippen LogP contribution in [-0.4, -0.2) is 74.9 Å². The van der Waals surface area contributed by atoms with Crippen molar-refractivity contribution < 1.29 is 33.1 Å². The van der Waals surface area contributed by atoms with E-state index >= 15 is 0 Å². The molecule has 1 aliphatic heterocycles. The molecule has 1 fully saturated rings. The number of hydrazine groups is 1. The fraction of sp³-hybridized carbons (Fsp3) is 0.535. The summed E-state index contributed by atoms with van der Waals surface area (Å²) < 4.78 is 17.8. The number of carbonyl (C=O) groups is 4. The first-order valence-electron chi connectivity index (χ1n) is 19.4. The van der Waals surface area contributed by atoms with Crippen LogP contribution in [-0.2, 0) is 41.7 Å². The zero-order chi connectivity index (χ0) is 40.9. The summed E-state index contributed by atoms with van der Waals surface area (Å²) in [6.45, 7) is 24.3. The second-order valence-electron chi connectivity index (χ2n) is 16.3. The van der Waals surface area contributed by atoms with Gasteiger partial charge < -0.3 is 24.5 Å². The largest absolute Gasteiger partial charge is 0.543 e. The Balaban J connectivity index is 1.86. The van der Waals surface area contributed by atoms with E-state index in [1.54, 1.807) is 26.2 Å². The van der Waals surface area contributed by atoms with Crippen LogP contribution in [0.1, 0.15) is 83.9 Å². The summed E-state index contributed by atoms with van der Waals surface area (Å²) in [6, 6.07) is 12.4. The fourth-order valence-electron chi connectivity index (χ4n) is 6.09. The van der Waals surface area contributed by atoms with Gasteiger partial charge in [-0.25, -0.2) is 5.43 Å². The molecule has 12 heteroatoms. The minimum atomic E-state index is -2.16. The number of esters is 1. The molecule has 1 aliphatic rings. The number of methoxy groups -OCH3 is 1. The number of hydrogen-bond donors (Lipinski definition) is 3. The zero-order valence-corrected chi connectivity index (χ0v) is 35.4. The maximum Gasteiger partial charge on any atom is 0.325 e. The lowest BCUT2D eigenvalue weighted by atomic mass is 9.96. The Bertz CT molecular complexity index is 1640. The molecule has 2 aromatic rings. The lowest BCUT2D eigenvalue weighted by molar-refractivity contribution is -0.154. The third kappa shape index (κ3) is 13.2. The van der Waals surface area contributed by atoms with Crippen molar-refractivity contribution in [1.82, 2.24) is 21.1 Å². The predicted molar refractivity (Wildman–Crippen MR) is 220 cm³/mol. The highest BCUT2D eigenvalue weighted by atomic mass is 28.4. The van der Waals surface area contributed by atoms with Crippen LogP contribution < -0.4 is 20.5 Å². The zero-order valence-electron chi connectivity index (χ0n) is 34.4. The van der Waals surface area contributed by atoms with E-state index in [-0.39, 0.29) is 36.0 Å². The van der Waals surface area contributed by atoms with Gasteiger partial charge in [-0.05, 0) is 84.6 Å². The molecule has 11 nitrogen and oxygen atoms in total. The van der Waals surface area contributed by atoms with Gasteiger partial charge in [-0.2, -0.15) is 0 Å². The number of nitrogens with zero attached hydrogens (tertiary/aromatic N) is 1. The molecular weight excluding hydrogens is 713 g/mol. The van der Waals surface area contributed by atoms with E-state index < -0.39 is 50.1 Å². The van der Waals surface area contributed by atoms with Crippen molar-refractivity contribution in [2.24, 2.45) is 11.8 Å². The average Bonchev–Trinajstić information content (AvgIpc) is 3.14. The van der Waals surface area contributed by atoms with Crippen LogP contribution in [0.4, 0.5) is 0 Å². The van der Waals surface area contributed by atoms with Crippen LogP contribution in [0.5, 0.6) is 5.75 Å². The van der Waals surface area contributed by atoms with E-state index in [0.29, 0.717) is 38.0 Å². The molecule has 55 heavy (non-hydrogen) atoms. The van der Waals surface area contributed by atoms with Crippen molar-refractivity contribution in [3.8, 4) is 5.75 Å². The molecule has 0 bridgehead atoms. The molecule has 2 aromatic carbocycles. The molecule has 0 radical (unpaired) electrons. The standard InChI is InChI=1S/C43H64N4O7Si/c1-12-14-23-37(52-9)30(5)39(48)45-38(29(3)4)40(49)44-36(27-32-19-16-21-34(26-32)54-55(10,11)43(6,7)8)41(50)47-24-17-22-35(46-47)42(51)53-28-33-20-15-18-31(13-2)25-33/h12-13,15-16,18-21,25-26,29-30,35-38,46H,1-2,14,17,22-24,27-28H2,3-11H3,(H,44,49)(H,45,48)/t30-,35+,36+,37-,38+/m1/s1. The number of nitrogens with one attached hydrogen (secondary N) is 3. The molecule has 3 N–H and O–H groups in total. The SMILES string of the molecule is C=CCC[C@@H](OC)[C@@H](C)C(=O)N[C@H](C(=O)N[C@@H](Cc1cccc(O[Si](C)(C)C(C)(C)C)c1)C(=O)N1CCC[C@@H](C(=O)OCc2cccc(C=C)c2)N1)C(C)C. The molecule has 0 aliphatic carbocycles. The summed E-state index contributed by atoms with van der Waals surface area (Å²) in [6.07, 6.45) is 5.62. The van der Waals surface area contributed by atoms with Crippen LogP contribution in [0, 0.1) is 11.8 Å². The molecule has 0 aromatic heterocycles. The van der Waals surface area contributed by atoms with Crippen molar-refractivity contribution >= 4 is 38.1 Å². The van der Waals surface area contributed by atoms with E-state index in [9.17, 15) is 19.2 Å². The quantitative estimate of drug-likeness (QED) is 0.0812. The van der Waals surface area contributed by atoms with Gasteiger partial charge in [0.15, 0.2) is 0 Å². The molecule has 1 heterocycles. The van der Waals surface area contributed by atoms with Gasteiger partial charge in [-0.3, -0.25) is 24.2 Å². The molecule has 1 saturated heterocycles. The number of ether oxygens (including phenoxy) is 2. The van der Waals surface area contributed by atoms with Gasteiger partial charge in [-0.15, -0.1) is 6.58 Å². The molecule has 302 valence electrons. The number of carbonyl (C=O) groups excluding carboxylic acids is 4. The second kappa shape index (κ2) is 20.6. The van der Waals surface area contributed by atoms with E-state index in [4.69, 9.17) is 13.9 Å². The van der Waals surface area contributed by atoms with Crippen LogP contribution in [0.2, 0.25) is 18.1 Å². The normalized spacial score (nSPS) is 17.0. The van der Waals surface area contributed by atoms with Crippen LogP contribution in [0.25, 0.3) is 6.08 Å². The van der Waals surface area contributed by atoms with Crippen molar-refractivity contribution in [1.29, 1.82) is 0 Å². The topological polar surface area (TPSA) is 135 Å². The predicted octanol–water partition coefficient (Wildman–Crippen LogP) is 6.74. The minimum Gasteiger partial charge on any atom is -0.543 e. The van der Waals surface area contributed by atoms with Crippen LogP contribution >= 0.6 is 0 Å². The second-order valence-corrected chi connectivity index (χ2v) is 21.0. The van der Waals surface area contributed by atoms with E-state index in [0.717, 1.165) is 16.7 Å². The molecule has 3 amide bonds. The van der Waals surface area contributed by atoms with Crippen molar-refractivity contribution in [2.45, 2.75) is 123 Å². The minimum absolute atomic E-state index is 0.0224. The number of hydrogen-bond acceptors (Lipinski definition) is 8. The summed E-state index contributed by atoms with van der Waals surface area (Å²) in [5.41, 5.74) is 5.61. The van der Waals surface area contributed by atoms with Gasteiger partial charge in [0.2, 0.25) is 20.1 Å². The Morgan fingerprint density at radius 2 is 1.69 bits per heavy atom. The highest BCUT2D eigenvalue weighted by molar-refractivity contribution is 6.74. The van der Waals surface area contributed by atoms with E-state index in [2.05, 4.69) is 63.1 Å². The van der Waals surface area contributed by atoms with Gasteiger partial charge in [0.1, 0.15) is 30.5 Å². The first-order chi connectivity index (χ1) is 25.9. The Hall–Kier alpha value is -4.26. The number of amides is 3. The lowest BCUT2D eigenvalue weighted by Crippen LogP contribution is -2.62. The first kappa shape index (κ1) is 45.1. The van der Waals surface area contributed by atoms with Gasteiger partial charge in [-0.1, -0.05) is 90.6 Å². The Kier molecular flexibility index (Phi) is 16.9. The van der Waals surface area contributed by atoms with Gasteiger partial charge in [0.05, 0.1) is 12.0 Å². The summed E-state index contributed by atoms with van der Waals surface area (Å²) >= 11 is 0. The highest BCUT2D eigenvalue weighted by Gasteiger charge is 2.39. The average molecular weight is 777 g/mol. The highest BCUT2D eigenvalue weighted by Crippen LogP contribution is 2.37. The van der Waals surface area contributed by atoms with E-state index in [1.807, 2.05) is 62.4 Å². The smallest absolute Gasteiger partial charge is 0.325 e. The molecular formula is C43H64N4O7Si. The molecule has 5 atom stereocenters. The third-order valence-corrected chi connectivity index (χ3v) is 15.0. The Morgan fingerprint density at radius 1 is 1.00 bits per heavy atom. The van der Waals surface area contributed by atoms with Crippen LogP contribution in [0.15, 0.2) is 67.8 Å². The lowest BCUT2D eigenvalue weighted by Gasteiger charge is -2.36. The van der Waals surface area contributed by atoms with Crippen molar-refractivity contribution in [2.75, 3.05) is 13.7 Å². The molecule has 0 saturated carbocycles. The molecule has 0 spiro atoms. The maximum atomic E-state index is 14.4. The van der Waals surface area contributed by atoms with Crippen molar-refractivity contribution in [3.63, 3.8) is 0 Å². The van der Waals surface area contributed by atoms with E-state index in [1.165, 1.54) is 5.01 Å². The number of allylic oxidation sites excluding steroid dienone is 1. The third-order valence-electron chi connectivity index (χ3n) is 10.6. The number of rotatable bonds is 19. The maximum absolute atomic E-state index is 14.4. The van der Waals surface area contributed by atoms with Crippen molar-refractivity contribution in [3.05, 3.63) is 84.5 Å². The molecule has 3 rings (SSSR count). The summed E-state index contributed by atoms with van der Waals surface area (Å²) in [7, 11) is -0.601. The Labute approximate surface area is 329 Å². The van der Waals surface area contributed by atoms with Gasteiger partial charge >= 0.3 is 5.97 Å². The summed E-state index contributed by atoms with van der Waals surface area (Å²) in [5.74, 6) is -1.81. The van der Waals surface area contributed by atoms with Gasteiger partial charge in [0, 0.05) is 20.1 Å². The summed E-state index contributed by atoms with van der Waals surface area (Å²) in [5, 5.41) is 7.28. The van der Waals surface area contributed by atoms with Gasteiger partial charge in [0.25, 0.3) is 5.91 Å². The monoisotopic (exact) mass is 776 g/mol. The Morgan fingerprint density at radius 3 is 2.33 bits per heavy atom. The summed E-state index contributed by atoms with van der Waals surface area (Å²) in [4.78, 5) is 55.2. The first-order valence-corrected chi connectivity index (χ1v) is 22.3. The van der Waals surface area contributed by atoms with Crippen LogP contribution in [0.3, 0.4) is 0 Å². The number of benzene rings is 2. The molecule has 0 unspecified atom stereocenters. The fourth-order valence-corrected chi connectivity index (χ4v) is 7.11.